The first kappa shape index (κ1) is 18.6. The van der Waals surface area contributed by atoms with E-state index in [1.54, 1.807) is 6.92 Å². The molecule has 1 heterocycles. The lowest BCUT2D eigenvalue weighted by Gasteiger charge is -2.20. The lowest BCUT2D eigenvalue weighted by atomic mass is 10.0. The highest BCUT2D eigenvalue weighted by Crippen LogP contribution is 2.42. The molecule has 1 aliphatic heterocycles. The average Bonchev–Trinajstić information content (AvgIpc) is 2.68. The summed E-state index contributed by atoms with van der Waals surface area (Å²) in [4.78, 5) is 16.0. The molecule has 0 amide bonds. The van der Waals surface area contributed by atoms with Crippen LogP contribution in [0.4, 0.5) is 0 Å². The third kappa shape index (κ3) is 3.27. The molecule has 0 bridgehead atoms. The van der Waals surface area contributed by atoms with Gasteiger partial charge in [-0.25, -0.2) is 4.79 Å². The zero-order valence-electron chi connectivity index (χ0n) is 16.4. The van der Waals surface area contributed by atoms with Gasteiger partial charge in [-0.1, -0.05) is 43.0 Å². The molecule has 140 valence electrons. The topological polar surface area (TPSA) is 26.3 Å². The molecular formula is C25H23O2S+. The van der Waals surface area contributed by atoms with Crippen LogP contribution in [0.15, 0.2) is 87.5 Å². The molecular weight excluding hydrogens is 364 g/mol. The van der Waals surface area contributed by atoms with Crippen molar-refractivity contribution in [1.82, 2.24) is 0 Å². The van der Waals surface area contributed by atoms with E-state index in [1.807, 2.05) is 13.8 Å². The largest absolute Gasteiger partial charge is 0.423 e. The van der Waals surface area contributed by atoms with Crippen molar-refractivity contribution < 1.29 is 9.53 Å². The Labute approximate surface area is 169 Å². The summed E-state index contributed by atoms with van der Waals surface area (Å²) in [5.41, 5.74) is 5.12. The second-order valence-corrected chi connectivity index (χ2v) is 9.22. The third-order valence-corrected chi connectivity index (χ3v) is 7.36. The van der Waals surface area contributed by atoms with E-state index in [9.17, 15) is 4.79 Å². The Bertz CT molecular complexity index is 1030. The summed E-state index contributed by atoms with van der Waals surface area (Å²) in [6.07, 6.45) is 0.974. The zero-order chi connectivity index (χ0) is 19.8. The number of benzene rings is 3. The van der Waals surface area contributed by atoms with E-state index in [0.717, 1.165) is 17.5 Å². The van der Waals surface area contributed by atoms with Crippen molar-refractivity contribution in [2.45, 2.75) is 41.9 Å². The van der Waals surface area contributed by atoms with E-state index in [0.29, 0.717) is 11.3 Å². The molecule has 0 N–H and O–H groups in total. The van der Waals surface area contributed by atoms with Crippen LogP contribution in [0.1, 0.15) is 29.2 Å². The van der Waals surface area contributed by atoms with Crippen molar-refractivity contribution in [3.05, 3.63) is 95.1 Å². The SMILES string of the molecule is C=C(C)C(=O)Oc1c(C)cc([S+]2c3ccccc3Cc3ccccc32)cc1C. The smallest absolute Gasteiger partial charge is 0.338 e. The number of fused-ring (bicyclic) bond motifs is 2. The van der Waals surface area contributed by atoms with Crippen LogP contribution in [0.5, 0.6) is 5.75 Å². The zero-order valence-corrected chi connectivity index (χ0v) is 17.2. The summed E-state index contributed by atoms with van der Waals surface area (Å²) in [6, 6.07) is 21.7. The van der Waals surface area contributed by atoms with Crippen molar-refractivity contribution in [3.63, 3.8) is 0 Å². The molecule has 1 aliphatic rings. The predicted molar refractivity (Wildman–Crippen MR) is 114 cm³/mol. The molecule has 0 saturated heterocycles. The quantitative estimate of drug-likeness (QED) is 0.193. The number of carbonyl (C=O) groups excluding carboxylic acids is 1. The summed E-state index contributed by atoms with van der Waals surface area (Å²) in [5.74, 6) is 0.258. The highest BCUT2D eigenvalue weighted by Gasteiger charge is 2.37. The van der Waals surface area contributed by atoms with Crippen molar-refractivity contribution in [1.29, 1.82) is 0 Å². The van der Waals surface area contributed by atoms with Crippen LogP contribution in [0, 0.1) is 13.8 Å². The normalized spacial score (nSPS) is 12.8. The Morgan fingerprint density at radius 3 is 1.93 bits per heavy atom. The fourth-order valence-corrected chi connectivity index (χ4v) is 6.21. The van der Waals surface area contributed by atoms with E-state index in [1.165, 1.54) is 25.8 Å². The van der Waals surface area contributed by atoms with Gasteiger partial charge in [0.25, 0.3) is 0 Å². The Kier molecular flexibility index (Phi) is 4.86. The van der Waals surface area contributed by atoms with E-state index in [4.69, 9.17) is 4.74 Å². The molecule has 3 aromatic carbocycles. The minimum Gasteiger partial charge on any atom is -0.423 e. The van der Waals surface area contributed by atoms with Gasteiger partial charge in [0, 0.05) is 35.3 Å². The number of hydrogen-bond donors (Lipinski definition) is 0. The number of esters is 1. The van der Waals surface area contributed by atoms with Crippen LogP contribution in [0.3, 0.4) is 0 Å². The average molecular weight is 388 g/mol. The molecule has 0 spiro atoms. The molecule has 28 heavy (non-hydrogen) atoms. The van der Waals surface area contributed by atoms with Crippen molar-refractivity contribution in [2.24, 2.45) is 0 Å². The maximum atomic E-state index is 12.0. The molecule has 3 heteroatoms. The first-order valence-corrected chi connectivity index (χ1v) is 10.6. The molecule has 0 fully saturated rings. The Morgan fingerprint density at radius 2 is 1.43 bits per heavy atom. The second-order valence-electron chi connectivity index (χ2n) is 7.25. The molecule has 2 nitrogen and oxygen atoms in total. The molecule has 4 rings (SSSR count). The summed E-state index contributed by atoms with van der Waals surface area (Å²) in [5, 5.41) is 0. The van der Waals surface area contributed by atoms with Gasteiger partial charge in [0.2, 0.25) is 0 Å². The predicted octanol–water partition coefficient (Wildman–Crippen LogP) is 5.78. The monoisotopic (exact) mass is 387 g/mol. The van der Waals surface area contributed by atoms with Gasteiger partial charge in [-0.05, 0) is 44.0 Å². The standard InChI is InChI=1S/C25H23O2S/c1-16(2)25(26)27-24-17(3)13-21(14-18(24)4)28-22-11-7-5-9-19(22)15-20-10-6-8-12-23(20)28/h5-14H,1,15H2,2-4H3/q+1. The van der Waals surface area contributed by atoms with Gasteiger partial charge in [-0.3, -0.25) is 0 Å². The van der Waals surface area contributed by atoms with Gasteiger partial charge in [-0.15, -0.1) is 0 Å². The van der Waals surface area contributed by atoms with Gasteiger partial charge in [0.05, 0.1) is 10.9 Å². The van der Waals surface area contributed by atoms with Crippen molar-refractivity contribution >= 4 is 16.9 Å². The molecule has 0 aromatic heterocycles. The molecule has 0 saturated carbocycles. The van der Waals surface area contributed by atoms with Gasteiger partial charge >= 0.3 is 5.97 Å². The van der Waals surface area contributed by atoms with Gasteiger partial charge in [0.15, 0.2) is 14.7 Å². The Hall–Kier alpha value is -2.78. The van der Waals surface area contributed by atoms with E-state index in [2.05, 4.69) is 67.2 Å². The maximum Gasteiger partial charge on any atom is 0.338 e. The summed E-state index contributed by atoms with van der Waals surface area (Å²) < 4.78 is 5.58. The van der Waals surface area contributed by atoms with Gasteiger partial charge in [0.1, 0.15) is 5.75 Å². The third-order valence-electron chi connectivity index (χ3n) is 4.98. The van der Waals surface area contributed by atoms with Crippen LogP contribution in [0.25, 0.3) is 0 Å². The second kappa shape index (κ2) is 7.33. The lowest BCUT2D eigenvalue weighted by Crippen LogP contribution is -2.16. The maximum absolute atomic E-state index is 12.0. The van der Waals surface area contributed by atoms with Crippen LogP contribution in [0.2, 0.25) is 0 Å². The molecule has 3 aromatic rings. The summed E-state index contributed by atoms with van der Waals surface area (Å²) in [7, 11) is -0.166. The van der Waals surface area contributed by atoms with Gasteiger partial charge < -0.3 is 4.74 Å². The van der Waals surface area contributed by atoms with E-state index < -0.39 is 0 Å². The molecule has 0 radical (unpaired) electrons. The number of rotatable bonds is 3. The van der Waals surface area contributed by atoms with Crippen LogP contribution in [-0.2, 0) is 22.1 Å². The van der Waals surface area contributed by atoms with Crippen LogP contribution >= 0.6 is 0 Å². The highest BCUT2D eigenvalue weighted by molar-refractivity contribution is 7.97. The Morgan fingerprint density at radius 1 is 0.929 bits per heavy atom. The van der Waals surface area contributed by atoms with Crippen LogP contribution < -0.4 is 4.74 Å². The minimum atomic E-state index is -0.380. The number of carbonyl (C=O) groups is 1. The number of ether oxygens (including phenoxy) is 1. The number of hydrogen-bond acceptors (Lipinski definition) is 2. The summed E-state index contributed by atoms with van der Waals surface area (Å²) >= 11 is 0. The Balaban J connectivity index is 1.84. The van der Waals surface area contributed by atoms with Crippen molar-refractivity contribution in [2.75, 3.05) is 0 Å². The van der Waals surface area contributed by atoms with Crippen LogP contribution in [-0.4, -0.2) is 5.97 Å². The summed E-state index contributed by atoms with van der Waals surface area (Å²) in [6.45, 7) is 9.35. The minimum absolute atomic E-state index is 0.166. The number of aryl methyl sites for hydroxylation is 2. The van der Waals surface area contributed by atoms with Gasteiger partial charge in [-0.2, -0.15) is 0 Å². The molecule has 0 unspecified atom stereocenters. The van der Waals surface area contributed by atoms with Crippen molar-refractivity contribution in [3.8, 4) is 5.75 Å². The molecule has 0 aliphatic carbocycles. The molecule has 0 atom stereocenters. The van der Waals surface area contributed by atoms with E-state index >= 15 is 0 Å². The lowest BCUT2D eigenvalue weighted by molar-refractivity contribution is -0.130. The fraction of sp³-hybridized carbons (Fsp3) is 0.160. The first-order chi connectivity index (χ1) is 13.5. The first-order valence-electron chi connectivity index (χ1n) is 9.34. The highest BCUT2D eigenvalue weighted by atomic mass is 32.2. The fourth-order valence-electron chi connectivity index (χ4n) is 3.64. The van der Waals surface area contributed by atoms with E-state index in [-0.39, 0.29) is 16.9 Å².